The van der Waals surface area contributed by atoms with Crippen LogP contribution in [0.1, 0.15) is 18.1 Å². The molecular formula is C22H25N3O3. The molecule has 2 aromatic rings. The molecule has 2 aliphatic rings. The Hall–Kier alpha value is -2.70. The van der Waals surface area contributed by atoms with E-state index in [1.165, 1.54) is 20.9 Å². The molecule has 4 rings (SSSR count). The molecule has 2 heterocycles. The predicted octanol–water partition coefficient (Wildman–Crippen LogP) is 2.26. The van der Waals surface area contributed by atoms with Gasteiger partial charge in [0.15, 0.2) is 0 Å². The molecule has 0 unspecified atom stereocenters. The number of urea groups is 1. The van der Waals surface area contributed by atoms with E-state index in [0.717, 1.165) is 19.5 Å². The van der Waals surface area contributed by atoms with Crippen LogP contribution < -0.4 is 4.90 Å². The van der Waals surface area contributed by atoms with Crippen molar-refractivity contribution in [3.63, 3.8) is 0 Å². The number of carbonyl (C=O) groups excluding carboxylic acids is 2. The van der Waals surface area contributed by atoms with Crippen LogP contribution in [0, 0.1) is 0 Å². The first-order valence-electron chi connectivity index (χ1n) is 9.71. The number of para-hydroxylation sites is 1. The average Bonchev–Trinajstić information content (AvgIpc) is 2.92. The summed E-state index contributed by atoms with van der Waals surface area (Å²) in [7, 11) is 0. The standard InChI is InChI=1S/C22H25N3O3/c1-16-21(27)24(22(28)25(16)19-9-3-2-4-10-19)15-20(26)14-23-12-11-17-7-5-6-8-18(17)13-23/h2-10,16,20,26H,11-15H2,1H3/t16-,20-/m0/s1. The smallest absolute Gasteiger partial charge is 0.332 e. The average molecular weight is 379 g/mol. The fraction of sp³-hybridized carbons (Fsp3) is 0.364. The van der Waals surface area contributed by atoms with E-state index in [1.54, 1.807) is 6.92 Å². The Morgan fingerprint density at radius 2 is 1.68 bits per heavy atom. The van der Waals surface area contributed by atoms with Gasteiger partial charge in [-0.15, -0.1) is 0 Å². The molecule has 2 aromatic carbocycles. The van der Waals surface area contributed by atoms with Gasteiger partial charge in [-0.05, 0) is 36.6 Å². The molecule has 3 amide bonds. The van der Waals surface area contributed by atoms with E-state index in [2.05, 4.69) is 17.0 Å². The molecular weight excluding hydrogens is 354 g/mol. The summed E-state index contributed by atoms with van der Waals surface area (Å²) in [5, 5.41) is 10.6. The number of hydrogen-bond donors (Lipinski definition) is 1. The quantitative estimate of drug-likeness (QED) is 0.810. The maximum atomic E-state index is 12.8. The van der Waals surface area contributed by atoms with E-state index in [9.17, 15) is 14.7 Å². The second kappa shape index (κ2) is 7.73. The largest absolute Gasteiger partial charge is 0.390 e. The highest BCUT2D eigenvalue weighted by Gasteiger charge is 2.43. The van der Waals surface area contributed by atoms with Crippen LogP contribution in [0.3, 0.4) is 0 Å². The van der Waals surface area contributed by atoms with E-state index in [0.29, 0.717) is 12.2 Å². The number of fused-ring (bicyclic) bond motifs is 1. The van der Waals surface area contributed by atoms with Gasteiger partial charge in [-0.2, -0.15) is 0 Å². The van der Waals surface area contributed by atoms with Crippen LogP contribution in [0.5, 0.6) is 0 Å². The van der Waals surface area contributed by atoms with Crippen LogP contribution in [0.25, 0.3) is 0 Å². The molecule has 146 valence electrons. The Kier molecular flexibility index (Phi) is 5.15. The molecule has 0 spiro atoms. The van der Waals surface area contributed by atoms with Gasteiger partial charge in [0.05, 0.1) is 12.6 Å². The molecule has 6 nitrogen and oxygen atoms in total. The second-order valence-electron chi connectivity index (χ2n) is 7.52. The molecule has 0 aromatic heterocycles. The number of anilines is 1. The van der Waals surface area contributed by atoms with Gasteiger partial charge < -0.3 is 5.11 Å². The van der Waals surface area contributed by atoms with Gasteiger partial charge in [0.25, 0.3) is 5.91 Å². The van der Waals surface area contributed by atoms with E-state index < -0.39 is 12.1 Å². The minimum absolute atomic E-state index is 0.0173. The Morgan fingerprint density at radius 1 is 1.00 bits per heavy atom. The van der Waals surface area contributed by atoms with Crippen LogP contribution >= 0.6 is 0 Å². The lowest BCUT2D eigenvalue weighted by Gasteiger charge is -2.31. The maximum absolute atomic E-state index is 12.8. The zero-order valence-electron chi connectivity index (χ0n) is 16.0. The van der Waals surface area contributed by atoms with Crippen LogP contribution in [-0.4, -0.2) is 58.6 Å². The van der Waals surface area contributed by atoms with Crippen LogP contribution in [-0.2, 0) is 17.8 Å². The van der Waals surface area contributed by atoms with Crippen LogP contribution in [0.2, 0.25) is 0 Å². The van der Waals surface area contributed by atoms with Crippen molar-refractivity contribution in [2.75, 3.05) is 24.5 Å². The van der Waals surface area contributed by atoms with Crippen LogP contribution in [0.4, 0.5) is 10.5 Å². The molecule has 0 bridgehead atoms. The van der Waals surface area contributed by atoms with Gasteiger partial charge in [0.2, 0.25) is 0 Å². The summed E-state index contributed by atoms with van der Waals surface area (Å²) < 4.78 is 0. The SMILES string of the molecule is C[C@H]1C(=O)N(C[C@@H](O)CN2CCc3ccccc3C2)C(=O)N1c1ccccc1. The van der Waals surface area contributed by atoms with Gasteiger partial charge >= 0.3 is 6.03 Å². The van der Waals surface area contributed by atoms with E-state index in [4.69, 9.17) is 0 Å². The highest BCUT2D eigenvalue weighted by atomic mass is 16.3. The summed E-state index contributed by atoms with van der Waals surface area (Å²) in [6.07, 6.45) is 0.171. The van der Waals surface area contributed by atoms with Crippen molar-refractivity contribution in [1.29, 1.82) is 0 Å². The predicted molar refractivity (Wildman–Crippen MR) is 107 cm³/mol. The van der Waals surface area contributed by atoms with Gasteiger partial charge in [-0.1, -0.05) is 42.5 Å². The molecule has 1 fully saturated rings. The molecule has 2 atom stereocenters. The first-order valence-corrected chi connectivity index (χ1v) is 9.71. The number of carbonyl (C=O) groups is 2. The van der Waals surface area contributed by atoms with E-state index in [-0.39, 0.29) is 18.5 Å². The Bertz CT molecular complexity index is 870. The third-order valence-electron chi connectivity index (χ3n) is 5.55. The zero-order valence-corrected chi connectivity index (χ0v) is 16.0. The molecule has 0 radical (unpaired) electrons. The summed E-state index contributed by atoms with van der Waals surface area (Å²) in [5.41, 5.74) is 3.32. The summed E-state index contributed by atoms with van der Waals surface area (Å²) >= 11 is 0. The second-order valence-corrected chi connectivity index (χ2v) is 7.52. The lowest BCUT2D eigenvalue weighted by Crippen LogP contribution is -2.44. The number of aliphatic hydroxyl groups is 1. The minimum Gasteiger partial charge on any atom is -0.390 e. The molecule has 1 saturated heterocycles. The summed E-state index contributed by atoms with van der Waals surface area (Å²) in [4.78, 5) is 30.3. The highest BCUT2D eigenvalue weighted by Crippen LogP contribution is 2.26. The number of rotatable bonds is 5. The molecule has 1 N–H and O–H groups in total. The van der Waals surface area contributed by atoms with Gasteiger partial charge in [0, 0.05) is 25.3 Å². The topological polar surface area (TPSA) is 64.1 Å². The van der Waals surface area contributed by atoms with Crippen LogP contribution in [0.15, 0.2) is 54.6 Å². The molecule has 28 heavy (non-hydrogen) atoms. The minimum atomic E-state index is -0.777. The van der Waals surface area contributed by atoms with Gasteiger partial charge in [0.1, 0.15) is 6.04 Å². The van der Waals surface area contributed by atoms with E-state index in [1.807, 2.05) is 42.5 Å². The summed E-state index contributed by atoms with van der Waals surface area (Å²) in [6.45, 7) is 3.82. The number of hydrogen-bond acceptors (Lipinski definition) is 4. The first-order chi connectivity index (χ1) is 13.5. The van der Waals surface area contributed by atoms with Crippen molar-refractivity contribution in [1.82, 2.24) is 9.80 Å². The van der Waals surface area contributed by atoms with Crippen molar-refractivity contribution in [3.05, 3.63) is 65.7 Å². The highest BCUT2D eigenvalue weighted by molar-refractivity contribution is 6.14. The number of amides is 3. The molecule has 0 aliphatic carbocycles. The Balaban J connectivity index is 1.40. The fourth-order valence-corrected chi connectivity index (χ4v) is 4.09. The normalized spacial score (nSPS) is 21.1. The monoisotopic (exact) mass is 379 g/mol. The lowest BCUT2D eigenvalue weighted by atomic mass is 10.00. The third kappa shape index (κ3) is 3.53. The molecule has 0 saturated carbocycles. The fourth-order valence-electron chi connectivity index (χ4n) is 4.09. The summed E-state index contributed by atoms with van der Waals surface area (Å²) in [6, 6.07) is 16.6. The van der Waals surface area contributed by atoms with Gasteiger partial charge in [-0.25, -0.2) is 4.79 Å². The molecule has 2 aliphatic heterocycles. The van der Waals surface area contributed by atoms with Crippen molar-refractivity contribution in [2.24, 2.45) is 0 Å². The number of aliphatic hydroxyl groups excluding tert-OH is 1. The first kappa shape index (κ1) is 18.7. The third-order valence-corrected chi connectivity index (χ3v) is 5.55. The number of imide groups is 1. The van der Waals surface area contributed by atoms with Crippen molar-refractivity contribution < 1.29 is 14.7 Å². The Labute approximate surface area is 165 Å². The van der Waals surface area contributed by atoms with Crippen molar-refractivity contribution >= 4 is 17.6 Å². The van der Waals surface area contributed by atoms with Crippen molar-refractivity contribution in [3.8, 4) is 0 Å². The van der Waals surface area contributed by atoms with Gasteiger partial charge in [-0.3, -0.25) is 19.5 Å². The Morgan fingerprint density at radius 3 is 2.43 bits per heavy atom. The van der Waals surface area contributed by atoms with E-state index >= 15 is 0 Å². The zero-order chi connectivity index (χ0) is 19.7. The molecule has 6 heteroatoms. The number of benzene rings is 2. The maximum Gasteiger partial charge on any atom is 0.332 e. The lowest BCUT2D eigenvalue weighted by molar-refractivity contribution is -0.128. The van der Waals surface area contributed by atoms with Crippen molar-refractivity contribution in [2.45, 2.75) is 32.0 Å². The number of nitrogens with zero attached hydrogens (tertiary/aromatic N) is 3. The number of β-amino-alcohol motifs (C(OH)–C–C–N with tert-alkyl or cyclic N) is 1. The summed E-state index contributed by atoms with van der Waals surface area (Å²) in [5.74, 6) is -0.267.